The number of hydrogen-bond donors (Lipinski definition) is 1. The highest BCUT2D eigenvalue weighted by Crippen LogP contribution is 2.31. The van der Waals surface area contributed by atoms with E-state index in [0.717, 1.165) is 23.3 Å². The standard InChI is InChI=1S/C13H14O4S/c1-2-3-10-6-11(12(18-10)13(14)15)17-8-9-4-5-16-7-9/h4-7H,2-3,8H2,1H3,(H,14,15). The predicted molar refractivity (Wildman–Crippen MR) is 68.3 cm³/mol. The van der Waals surface area contributed by atoms with Gasteiger partial charge in [0.1, 0.15) is 12.4 Å². The zero-order valence-electron chi connectivity index (χ0n) is 10.0. The van der Waals surface area contributed by atoms with Gasteiger partial charge < -0.3 is 14.3 Å². The first-order valence-electron chi connectivity index (χ1n) is 5.70. The number of carboxylic acids is 1. The van der Waals surface area contributed by atoms with Crippen molar-refractivity contribution in [3.05, 3.63) is 40.0 Å². The molecular weight excluding hydrogens is 252 g/mol. The quantitative estimate of drug-likeness (QED) is 0.868. The Balaban J connectivity index is 2.12. The highest BCUT2D eigenvalue weighted by molar-refractivity contribution is 7.14. The van der Waals surface area contributed by atoms with Crippen LogP contribution in [-0.2, 0) is 13.0 Å². The van der Waals surface area contributed by atoms with Crippen LogP contribution in [0.4, 0.5) is 0 Å². The molecule has 0 aliphatic carbocycles. The van der Waals surface area contributed by atoms with Crippen LogP contribution in [-0.4, -0.2) is 11.1 Å². The second kappa shape index (κ2) is 5.73. The van der Waals surface area contributed by atoms with E-state index in [2.05, 4.69) is 6.92 Å². The van der Waals surface area contributed by atoms with Crippen LogP contribution in [0.1, 0.15) is 33.5 Å². The summed E-state index contributed by atoms with van der Waals surface area (Å²) < 4.78 is 10.5. The van der Waals surface area contributed by atoms with Crippen molar-refractivity contribution < 1.29 is 19.1 Å². The smallest absolute Gasteiger partial charge is 0.349 e. The van der Waals surface area contributed by atoms with E-state index in [1.165, 1.54) is 11.3 Å². The molecule has 0 amide bonds. The van der Waals surface area contributed by atoms with Crippen LogP contribution >= 0.6 is 11.3 Å². The molecular formula is C13H14O4S. The minimum absolute atomic E-state index is 0.266. The van der Waals surface area contributed by atoms with E-state index in [9.17, 15) is 4.79 Å². The van der Waals surface area contributed by atoms with Gasteiger partial charge in [-0.05, 0) is 18.6 Å². The summed E-state index contributed by atoms with van der Waals surface area (Å²) in [5.74, 6) is -0.498. The van der Waals surface area contributed by atoms with E-state index >= 15 is 0 Å². The minimum Gasteiger partial charge on any atom is -0.487 e. The zero-order chi connectivity index (χ0) is 13.0. The molecule has 0 spiro atoms. The summed E-state index contributed by atoms with van der Waals surface area (Å²) in [7, 11) is 0. The van der Waals surface area contributed by atoms with Gasteiger partial charge in [-0.3, -0.25) is 0 Å². The van der Waals surface area contributed by atoms with Crippen LogP contribution in [0.3, 0.4) is 0 Å². The molecule has 18 heavy (non-hydrogen) atoms. The molecule has 0 unspecified atom stereocenters. The van der Waals surface area contributed by atoms with Crippen LogP contribution in [0, 0.1) is 0 Å². The molecule has 4 nitrogen and oxygen atoms in total. The minimum atomic E-state index is -0.940. The van der Waals surface area contributed by atoms with Crippen molar-refractivity contribution in [3.63, 3.8) is 0 Å². The lowest BCUT2D eigenvalue weighted by Crippen LogP contribution is -1.99. The number of ether oxygens (including phenoxy) is 1. The second-order valence-corrected chi connectivity index (χ2v) is 5.02. The monoisotopic (exact) mass is 266 g/mol. The maximum Gasteiger partial charge on any atom is 0.349 e. The number of carbonyl (C=O) groups is 1. The lowest BCUT2D eigenvalue weighted by Gasteiger charge is -2.02. The summed E-state index contributed by atoms with van der Waals surface area (Å²) in [5.41, 5.74) is 0.884. The Hall–Kier alpha value is -1.75. The van der Waals surface area contributed by atoms with Crippen molar-refractivity contribution in [1.29, 1.82) is 0 Å². The van der Waals surface area contributed by atoms with Crippen molar-refractivity contribution in [2.45, 2.75) is 26.4 Å². The number of aryl methyl sites for hydroxylation is 1. The lowest BCUT2D eigenvalue weighted by molar-refractivity contribution is 0.0697. The van der Waals surface area contributed by atoms with Crippen LogP contribution in [0.15, 0.2) is 29.1 Å². The zero-order valence-corrected chi connectivity index (χ0v) is 10.8. The normalized spacial score (nSPS) is 10.5. The van der Waals surface area contributed by atoms with E-state index in [4.69, 9.17) is 14.3 Å². The van der Waals surface area contributed by atoms with Gasteiger partial charge in [0.2, 0.25) is 0 Å². The fourth-order valence-electron chi connectivity index (χ4n) is 1.58. The van der Waals surface area contributed by atoms with E-state index in [1.54, 1.807) is 18.6 Å². The number of rotatable bonds is 6. The maximum absolute atomic E-state index is 11.1. The van der Waals surface area contributed by atoms with Crippen molar-refractivity contribution in [2.24, 2.45) is 0 Å². The molecule has 0 bridgehead atoms. The third-order valence-corrected chi connectivity index (χ3v) is 3.58. The Morgan fingerprint density at radius 2 is 2.39 bits per heavy atom. The molecule has 0 atom stereocenters. The number of carboxylic acid groups (broad SMARTS) is 1. The highest BCUT2D eigenvalue weighted by atomic mass is 32.1. The van der Waals surface area contributed by atoms with Gasteiger partial charge in [0.05, 0.1) is 12.5 Å². The number of hydrogen-bond acceptors (Lipinski definition) is 4. The van der Waals surface area contributed by atoms with E-state index < -0.39 is 5.97 Å². The molecule has 0 aliphatic rings. The van der Waals surface area contributed by atoms with Gasteiger partial charge in [0.15, 0.2) is 4.88 Å². The van der Waals surface area contributed by atoms with Crippen molar-refractivity contribution in [2.75, 3.05) is 0 Å². The molecule has 2 aromatic rings. The highest BCUT2D eigenvalue weighted by Gasteiger charge is 2.16. The first-order valence-corrected chi connectivity index (χ1v) is 6.52. The molecule has 96 valence electrons. The van der Waals surface area contributed by atoms with E-state index in [0.29, 0.717) is 12.4 Å². The third-order valence-electron chi connectivity index (χ3n) is 2.41. The Kier molecular flexibility index (Phi) is 4.04. The fraction of sp³-hybridized carbons (Fsp3) is 0.308. The van der Waals surface area contributed by atoms with Crippen molar-refractivity contribution >= 4 is 17.3 Å². The molecule has 0 saturated carbocycles. The molecule has 0 aromatic carbocycles. The molecule has 5 heteroatoms. The van der Waals surface area contributed by atoms with E-state index in [1.807, 2.05) is 6.07 Å². The first-order chi connectivity index (χ1) is 8.70. The SMILES string of the molecule is CCCc1cc(OCc2ccoc2)c(C(=O)O)s1. The third kappa shape index (κ3) is 2.92. The van der Waals surface area contributed by atoms with Gasteiger partial charge in [-0.15, -0.1) is 11.3 Å². The van der Waals surface area contributed by atoms with Gasteiger partial charge in [0.25, 0.3) is 0 Å². The summed E-state index contributed by atoms with van der Waals surface area (Å²) in [6.07, 6.45) is 5.01. The molecule has 1 N–H and O–H groups in total. The molecule has 0 radical (unpaired) electrons. The first kappa shape index (κ1) is 12.7. The summed E-state index contributed by atoms with van der Waals surface area (Å²) in [5, 5.41) is 9.12. The summed E-state index contributed by atoms with van der Waals surface area (Å²) >= 11 is 1.28. The fourth-order valence-corrected chi connectivity index (χ4v) is 2.62. The Morgan fingerprint density at radius 1 is 1.56 bits per heavy atom. The molecule has 2 rings (SSSR count). The van der Waals surface area contributed by atoms with Gasteiger partial charge >= 0.3 is 5.97 Å². The van der Waals surface area contributed by atoms with Crippen LogP contribution < -0.4 is 4.74 Å². The van der Waals surface area contributed by atoms with Gasteiger partial charge in [-0.1, -0.05) is 13.3 Å². The Morgan fingerprint density at radius 3 is 3.00 bits per heavy atom. The number of furan rings is 1. The largest absolute Gasteiger partial charge is 0.487 e. The van der Waals surface area contributed by atoms with Gasteiger partial charge in [-0.25, -0.2) is 4.79 Å². The molecule has 2 heterocycles. The Bertz CT molecular complexity index is 513. The Labute approximate surface area is 109 Å². The van der Waals surface area contributed by atoms with Crippen LogP contribution in [0.5, 0.6) is 5.75 Å². The van der Waals surface area contributed by atoms with Crippen LogP contribution in [0.25, 0.3) is 0 Å². The summed E-state index contributed by atoms with van der Waals surface area (Å²) in [6.45, 7) is 2.38. The summed E-state index contributed by atoms with van der Waals surface area (Å²) in [6, 6.07) is 3.61. The molecule has 0 fully saturated rings. The number of thiophene rings is 1. The average molecular weight is 266 g/mol. The van der Waals surface area contributed by atoms with E-state index in [-0.39, 0.29) is 4.88 Å². The molecule has 0 saturated heterocycles. The predicted octanol–water partition coefficient (Wildman–Crippen LogP) is 3.57. The maximum atomic E-state index is 11.1. The lowest BCUT2D eigenvalue weighted by atomic mass is 10.3. The van der Waals surface area contributed by atoms with Crippen molar-refractivity contribution in [3.8, 4) is 5.75 Å². The number of aromatic carboxylic acids is 1. The van der Waals surface area contributed by atoms with Gasteiger partial charge in [-0.2, -0.15) is 0 Å². The molecule has 2 aromatic heterocycles. The van der Waals surface area contributed by atoms with Crippen LogP contribution in [0.2, 0.25) is 0 Å². The van der Waals surface area contributed by atoms with Gasteiger partial charge in [0, 0.05) is 10.4 Å². The summed E-state index contributed by atoms with van der Waals surface area (Å²) in [4.78, 5) is 12.4. The molecule has 0 aliphatic heterocycles. The second-order valence-electron chi connectivity index (χ2n) is 3.88. The average Bonchev–Trinajstić information content (AvgIpc) is 2.95. The topological polar surface area (TPSA) is 59.7 Å². The van der Waals surface area contributed by atoms with Crippen molar-refractivity contribution in [1.82, 2.24) is 0 Å².